The van der Waals surface area contributed by atoms with E-state index < -0.39 is 6.04 Å². The molecule has 5 heterocycles. The van der Waals surface area contributed by atoms with E-state index in [-0.39, 0.29) is 23.3 Å². The van der Waals surface area contributed by atoms with Crippen LogP contribution in [0.4, 0.5) is 5.82 Å². The molecule has 2 bridgehead atoms. The Morgan fingerprint density at radius 2 is 2.16 bits per heavy atom. The molecule has 32 heavy (non-hydrogen) atoms. The second kappa shape index (κ2) is 8.00. The fraction of sp³-hybridized carbons (Fsp3) is 0.333. The lowest BCUT2D eigenvalue weighted by Gasteiger charge is -2.47. The van der Waals surface area contributed by atoms with E-state index in [9.17, 15) is 9.59 Å². The molecule has 0 aromatic carbocycles. The fourth-order valence-electron chi connectivity index (χ4n) is 5.04. The summed E-state index contributed by atoms with van der Waals surface area (Å²) in [6, 6.07) is 12.2. The Kier molecular flexibility index (Phi) is 5.02. The van der Waals surface area contributed by atoms with Gasteiger partial charge in [0.25, 0.3) is 5.56 Å². The molecule has 2 aliphatic heterocycles. The zero-order valence-corrected chi connectivity index (χ0v) is 17.7. The maximum atomic E-state index is 13.6. The Balaban J connectivity index is 1.50. The lowest BCUT2D eigenvalue weighted by atomic mass is 9.78. The van der Waals surface area contributed by atoms with Crippen LogP contribution in [0.2, 0.25) is 0 Å². The zero-order chi connectivity index (χ0) is 22.2. The molecule has 0 aliphatic carbocycles. The molecule has 1 saturated heterocycles. The maximum absolute atomic E-state index is 13.6. The second-order valence-electron chi connectivity index (χ2n) is 8.54. The molecule has 8 nitrogen and oxygen atoms in total. The minimum atomic E-state index is -0.576. The third kappa shape index (κ3) is 3.46. The highest BCUT2D eigenvalue weighted by molar-refractivity contribution is 5.81. The predicted molar refractivity (Wildman–Crippen MR) is 117 cm³/mol. The predicted octanol–water partition coefficient (Wildman–Crippen LogP) is 2.53. The van der Waals surface area contributed by atoms with Crippen molar-refractivity contribution in [3.63, 3.8) is 0 Å². The number of hydrogen-bond acceptors (Lipinski definition) is 6. The third-order valence-electron chi connectivity index (χ3n) is 6.48. The minimum absolute atomic E-state index is 0.0295. The van der Waals surface area contributed by atoms with Crippen molar-refractivity contribution in [1.29, 1.82) is 5.26 Å². The number of amides is 1. The van der Waals surface area contributed by atoms with E-state index in [1.165, 1.54) is 6.07 Å². The van der Waals surface area contributed by atoms with Crippen molar-refractivity contribution >= 4 is 11.7 Å². The summed E-state index contributed by atoms with van der Waals surface area (Å²) in [4.78, 5) is 34.8. The summed E-state index contributed by atoms with van der Waals surface area (Å²) in [5.41, 5.74) is 2.17. The summed E-state index contributed by atoms with van der Waals surface area (Å²) < 4.78 is 6.84. The average molecular weight is 429 g/mol. The van der Waals surface area contributed by atoms with Crippen molar-refractivity contribution in [3.8, 4) is 6.07 Å². The van der Waals surface area contributed by atoms with Crippen molar-refractivity contribution in [1.82, 2.24) is 14.5 Å². The van der Waals surface area contributed by atoms with Gasteiger partial charge in [0.05, 0.1) is 18.1 Å². The van der Waals surface area contributed by atoms with Gasteiger partial charge in [0.15, 0.2) is 0 Å². The normalized spacial score (nSPS) is 21.5. The Hall–Kier alpha value is -3.86. The Labute approximate surface area is 185 Å². The number of likely N-dealkylation sites (N-methyl/N-ethyl adjacent to an activating group) is 1. The molecule has 0 N–H and O–H groups in total. The largest absolute Gasteiger partial charge is 0.472 e. The number of nitriles is 1. The smallest absolute Gasteiger partial charge is 0.251 e. The number of carbonyl (C=O) groups is 1. The van der Waals surface area contributed by atoms with Gasteiger partial charge in [0.2, 0.25) is 5.91 Å². The van der Waals surface area contributed by atoms with Gasteiger partial charge >= 0.3 is 0 Å². The third-order valence-corrected chi connectivity index (χ3v) is 6.48. The van der Waals surface area contributed by atoms with E-state index >= 15 is 0 Å². The molecular formula is C24H23N5O3. The van der Waals surface area contributed by atoms with Crippen molar-refractivity contribution in [2.24, 2.45) is 5.92 Å². The maximum Gasteiger partial charge on any atom is 0.251 e. The van der Waals surface area contributed by atoms with Crippen LogP contribution in [0, 0.1) is 17.2 Å². The number of nitrogens with zero attached hydrogens (tertiary/aromatic N) is 5. The fourth-order valence-corrected chi connectivity index (χ4v) is 5.04. The number of hydrogen-bond donors (Lipinski definition) is 0. The summed E-state index contributed by atoms with van der Waals surface area (Å²) >= 11 is 0. The van der Waals surface area contributed by atoms with Gasteiger partial charge in [0.1, 0.15) is 17.9 Å². The highest BCUT2D eigenvalue weighted by Crippen LogP contribution is 2.42. The summed E-state index contributed by atoms with van der Waals surface area (Å²) in [5, 5.41) is 9.06. The van der Waals surface area contributed by atoms with E-state index in [4.69, 9.17) is 9.68 Å². The first-order valence-electron chi connectivity index (χ1n) is 10.6. The molecule has 0 radical (unpaired) electrons. The van der Waals surface area contributed by atoms with Crippen molar-refractivity contribution in [2.45, 2.75) is 24.9 Å². The molecule has 0 unspecified atom stereocenters. The Morgan fingerprint density at radius 3 is 2.88 bits per heavy atom. The van der Waals surface area contributed by atoms with Crippen LogP contribution in [0.5, 0.6) is 0 Å². The summed E-state index contributed by atoms with van der Waals surface area (Å²) in [6.45, 7) is 1.75. The number of rotatable bonds is 4. The first kappa shape index (κ1) is 20.1. The SMILES string of the molecule is CN(Cc1ccoc1)C(=O)[C@H]1[C@H]2C[C@H](CN(c3ccc(C#N)cn3)C2)c2cccc(=O)n21. The van der Waals surface area contributed by atoms with Gasteiger partial charge in [-0.2, -0.15) is 5.26 Å². The van der Waals surface area contributed by atoms with Crippen LogP contribution in [-0.2, 0) is 11.3 Å². The van der Waals surface area contributed by atoms with Gasteiger partial charge in [0, 0.05) is 62.0 Å². The van der Waals surface area contributed by atoms with Crippen LogP contribution in [0.15, 0.2) is 64.3 Å². The van der Waals surface area contributed by atoms with E-state index in [0.717, 1.165) is 23.5 Å². The number of anilines is 1. The molecule has 8 heteroatoms. The Bertz CT molecular complexity index is 1230. The number of fused-ring (bicyclic) bond motifs is 4. The summed E-state index contributed by atoms with van der Waals surface area (Å²) in [6.07, 6.45) is 5.62. The molecule has 2 aliphatic rings. The van der Waals surface area contributed by atoms with Gasteiger partial charge in [-0.05, 0) is 30.7 Å². The number of pyridine rings is 2. The second-order valence-corrected chi connectivity index (χ2v) is 8.54. The van der Waals surface area contributed by atoms with E-state index in [1.807, 2.05) is 18.2 Å². The highest BCUT2D eigenvalue weighted by atomic mass is 16.3. The van der Waals surface area contributed by atoms with Gasteiger partial charge in [-0.1, -0.05) is 6.07 Å². The lowest BCUT2D eigenvalue weighted by molar-refractivity contribution is -0.136. The van der Waals surface area contributed by atoms with Gasteiger partial charge in [-0.25, -0.2) is 4.98 Å². The molecular weight excluding hydrogens is 406 g/mol. The number of carbonyl (C=O) groups excluding carboxylic acids is 1. The first-order chi connectivity index (χ1) is 15.5. The Morgan fingerprint density at radius 1 is 1.28 bits per heavy atom. The van der Waals surface area contributed by atoms with Crippen LogP contribution < -0.4 is 10.5 Å². The highest BCUT2D eigenvalue weighted by Gasteiger charge is 2.44. The van der Waals surface area contributed by atoms with Crippen molar-refractivity contribution in [2.75, 3.05) is 25.0 Å². The van der Waals surface area contributed by atoms with Crippen LogP contribution in [0.3, 0.4) is 0 Å². The van der Waals surface area contributed by atoms with E-state index in [0.29, 0.717) is 25.2 Å². The topological polar surface area (TPSA) is 95.4 Å². The molecule has 1 amide bonds. The average Bonchev–Trinajstić information content (AvgIpc) is 3.32. The molecule has 0 spiro atoms. The first-order valence-corrected chi connectivity index (χ1v) is 10.6. The molecule has 162 valence electrons. The number of aromatic nitrogens is 2. The van der Waals surface area contributed by atoms with E-state index in [2.05, 4.69) is 16.0 Å². The number of furan rings is 1. The van der Waals surface area contributed by atoms with Gasteiger partial charge in [-0.3, -0.25) is 14.2 Å². The summed E-state index contributed by atoms with van der Waals surface area (Å²) in [5.74, 6) is 0.795. The van der Waals surface area contributed by atoms with Crippen molar-refractivity contribution in [3.05, 3.63) is 82.3 Å². The van der Waals surface area contributed by atoms with Gasteiger partial charge in [-0.15, -0.1) is 0 Å². The lowest BCUT2D eigenvalue weighted by Crippen LogP contribution is -2.53. The quantitative estimate of drug-likeness (QED) is 0.633. The monoisotopic (exact) mass is 429 g/mol. The molecule has 3 aromatic heterocycles. The minimum Gasteiger partial charge on any atom is -0.472 e. The molecule has 3 atom stereocenters. The van der Waals surface area contributed by atoms with Crippen LogP contribution in [0.1, 0.15) is 35.2 Å². The molecule has 5 rings (SSSR count). The van der Waals surface area contributed by atoms with Gasteiger partial charge < -0.3 is 14.2 Å². The van der Waals surface area contributed by atoms with Crippen LogP contribution in [-0.4, -0.2) is 40.5 Å². The van der Waals surface area contributed by atoms with Crippen molar-refractivity contribution < 1.29 is 9.21 Å². The van der Waals surface area contributed by atoms with Crippen LogP contribution in [0.25, 0.3) is 0 Å². The van der Waals surface area contributed by atoms with E-state index in [1.54, 1.807) is 47.4 Å². The standard InChI is InChI=1S/C24H23N5O3/c1-27(12-17-7-8-32-15-17)24(31)23-19-9-18(20-3-2-4-22(30)29(20)23)13-28(14-19)21-6-5-16(10-25)11-26-21/h2-8,11,15,18-19,23H,9,12-14H2,1H3/t18-,19+,23-/m1/s1. The van der Waals surface area contributed by atoms with Crippen LogP contribution >= 0.6 is 0 Å². The molecule has 0 saturated carbocycles. The molecule has 1 fully saturated rings. The summed E-state index contributed by atoms with van der Waals surface area (Å²) in [7, 11) is 1.76. The molecule has 3 aromatic rings. The zero-order valence-electron chi connectivity index (χ0n) is 17.7. The number of piperidine rings is 1.